The summed E-state index contributed by atoms with van der Waals surface area (Å²) in [5.41, 5.74) is 4.29. The highest BCUT2D eigenvalue weighted by Gasteiger charge is 2.34. The van der Waals surface area contributed by atoms with Crippen molar-refractivity contribution in [3.63, 3.8) is 0 Å². The summed E-state index contributed by atoms with van der Waals surface area (Å²) in [6, 6.07) is 18.2. The SMILES string of the molecule is CCc1ccccc1N1C(S)=C(C#N)C(=O)N[C@@H]1c1ccc(C(C)(C)C)cc1. The topological polar surface area (TPSA) is 56.1 Å². The molecule has 1 heterocycles. The van der Waals surface area contributed by atoms with Gasteiger partial charge in [-0.25, -0.2) is 0 Å². The molecule has 144 valence electrons. The second-order valence-corrected chi connectivity index (χ2v) is 8.33. The van der Waals surface area contributed by atoms with Crippen molar-refractivity contribution in [3.05, 3.63) is 75.8 Å². The minimum atomic E-state index is -0.432. The molecule has 0 aromatic heterocycles. The maximum atomic E-state index is 12.5. The van der Waals surface area contributed by atoms with E-state index in [1.807, 2.05) is 41.3 Å². The Morgan fingerprint density at radius 3 is 2.36 bits per heavy atom. The fourth-order valence-corrected chi connectivity index (χ4v) is 3.78. The van der Waals surface area contributed by atoms with E-state index in [-0.39, 0.29) is 11.0 Å². The Morgan fingerprint density at radius 2 is 1.79 bits per heavy atom. The molecule has 1 aliphatic heterocycles. The number of nitriles is 1. The van der Waals surface area contributed by atoms with E-state index < -0.39 is 12.1 Å². The van der Waals surface area contributed by atoms with E-state index in [1.54, 1.807) is 0 Å². The van der Waals surface area contributed by atoms with Crippen LogP contribution in [0.25, 0.3) is 0 Å². The van der Waals surface area contributed by atoms with E-state index >= 15 is 0 Å². The molecule has 0 radical (unpaired) electrons. The summed E-state index contributed by atoms with van der Waals surface area (Å²) < 4.78 is 0. The molecule has 1 atom stereocenters. The number of benzene rings is 2. The van der Waals surface area contributed by atoms with Crippen LogP contribution in [-0.2, 0) is 16.6 Å². The molecule has 0 fully saturated rings. The van der Waals surface area contributed by atoms with Gasteiger partial charge in [0.2, 0.25) is 0 Å². The van der Waals surface area contributed by atoms with Gasteiger partial charge in [-0.1, -0.05) is 70.2 Å². The Kier molecular flexibility index (Phi) is 5.53. The van der Waals surface area contributed by atoms with E-state index in [2.05, 4.69) is 63.8 Å². The van der Waals surface area contributed by atoms with Crippen LogP contribution in [0, 0.1) is 11.3 Å². The highest BCUT2D eigenvalue weighted by Crippen LogP contribution is 2.38. The number of thiol groups is 1. The quantitative estimate of drug-likeness (QED) is 0.736. The largest absolute Gasteiger partial charge is 0.327 e. The first-order valence-corrected chi connectivity index (χ1v) is 9.84. The third-order valence-corrected chi connectivity index (χ3v) is 5.48. The fraction of sp³-hybridized carbons (Fsp3) is 0.304. The first-order chi connectivity index (χ1) is 13.3. The van der Waals surface area contributed by atoms with E-state index in [0.29, 0.717) is 5.03 Å². The van der Waals surface area contributed by atoms with Crippen molar-refractivity contribution >= 4 is 24.2 Å². The van der Waals surface area contributed by atoms with Crippen molar-refractivity contribution in [2.45, 2.75) is 45.7 Å². The molecule has 2 aromatic rings. The number of rotatable bonds is 3. The van der Waals surface area contributed by atoms with Crippen LogP contribution in [-0.4, -0.2) is 5.91 Å². The zero-order valence-corrected chi connectivity index (χ0v) is 17.5. The summed E-state index contributed by atoms with van der Waals surface area (Å²) in [6.45, 7) is 8.59. The molecule has 2 aromatic carbocycles. The molecule has 0 spiro atoms. The number of nitrogens with zero attached hydrogens (tertiary/aromatic N) is 2. The zero-order chi connectivity index (χ0) is 20.5. The van der Waals surface area contributed by atoms with E-state index in [1.165, 1.54) is 5.56 Å². The molecule has 0 saturated heterocycles. The molecule has 3 rings (SSSR count). The van der Waals surface area contributed by atoms with Crippen molar-refractivity contribution in [1.82, 2.24) is 5.32 Å². The number of para-hydroxylation sites is 1. The van der Waals surface area contributed by atoms with Crippen LogP contribution in [0.3, 0.4) is 0 Å². The maximum absolute atomic E-state index is 12.5. The average Bonchev–Trinajstić information content (AvgIpc) is 2.67. The molecule has 1 amide bonds. The zero-order valence-electron chi connectivity index (χ0n) is 16.7. The molecule has 0 saturated carbocycles. The Morgan fingerprint density at radius 1 is 1.14 bits per heavy atom. The first-order valence-electron chi connectivity index (χ1n) is 9.39. The third-order valence-electron chi connectivity index (χ3n) is 5.04. The summed E-state index contributed by atoms with van der Waals surface area (Å²) in [5.74, 6) is -0.400. The van der Waals surface area contributed by atoms with Gasteiger partial charge in [-0.3, -0.25) is 4.79 Å². The van der Waals surface area contributed by atoms with Crippen LogP contribution < -0.4 is 10.2 Å². The summed E-state index contributed by atoms with van der Waals surface area (Å²) in [6.07, 6.45) is 0.401. The van der Waals surface area contributed by atoms with Crippen LogP contribution in [0.15, 0.2) is 59.1 Å². The Labute approximate surface area is 172 Å². The smallest absolute Gasteiger partial charge is 0.266 e. The van der Waals surface area contributed by atoms with Gasteiger partial charge in [0.05, 0.1) is 5.03 Å². The normalized spacial score (nSPS) is 17.4. The van der Waals surface area contributed by atoms with Gasteiger partial charge >= 0.3 is 0 Å². The Balaban J connectivity index is 2.14. The summed E-state index contributed by atoms with van der Waals surface area (Å²) in [7, 11) is 0. The molecule has 1 N–H and O–H groups in total. The van der Waals surface area contributed by atoms with Crippen LogP contribution in [0.1, 0.15) is 50.6 Å². The summed E-state index contributed by atoms with van der Waals surface area (Å²) in [4.78, 5) is 14.4. The van der Waals surface area contributed by atoms with E-state index in [9.17, 15) is 10.1 Å². The fourth-order valence-electron chi connectivity index (χ4n) is 3.40. The molecule has 4 nitrogen and oxygen atoms in total. The molecule has 0 bridgehead atoms. The molecule has 5 heteroatoms. The second-order valence-electron chi connectivity index (χ2n) is 7.91. The van der Waals surface area contributed by atoms with Crippen LogP contribution in [0.2, 0.25) is 0 Å². The number of carbonyl (C=O) groups is 1. The molecule has 1 aliphatic rings. The van der Waals surface area contributed by atoms with Crippen molar-refractivity contribution in [3.8, 4) is 6.07 Å². The number of amides is 1. The van der Waals surface area contributed by atoms with Gasteiger partial charge in [0.25, 0.3) is 5.91 Å². The van der Waals surface area contributed by atoms with Gasteiger partial charge in [-0.2, -0.15) is 5.26 Å². The van der Waals surface area contributed by atoms with E-state index in [0.717, 1.165) is 23.2 Å². The molecular weight excluding hydrogens is 366 g/mol. The van der Waals surface area contributed by atoms with Gasteiger partial charge in [-0.05, 0) is 34.6 Å². The van der Waals surface area contributed by atoms with Crippen molar-refractivity contribution in [2.24, 2.45) is 0 Å². The van der Waals surface area contributed by atoms with Gasteiger partial charge in [0.15, 0.2) is 0 Å². The predicted octanol–water partition coefficient (Wildman–Crippen LogP) is 4.85. The van der Waals surface area contributed by atoms with Gasteiger partial charge in [0, 0.05) is 5.69 Å². The minimum Gasteiger partial charge on any atom is -0.327 e. The van der Waals surface area contributed by atoms with Crippen LogP contribution in [0.4, 0.5) is 5.69 Å². The predicted molar refractivity (Wildman–Crippen MR) is 116 cm³/mol. The van der Waals surface area contributed by atoms with E-state index in [4.69, 9.17) is 0 Å². The number of hydrogen-bond acceptors (Lipinski definition) is 4. The average molecular weight is 392 g/mol. The minimum absolute atomic E-state index is 0.0248. The molecular formula is C23H25N3OS. The lowest BCUT2D eigenvalue weighted by Crippen LogP contribution is -2.46. The first kappa shape index (κ1) is 20.0. The number of hydrogen-bond donors (Lipinski definition) is 2. The van der Waals surface area contributed by atoms with Crippen molar-refractivity contribution in [1.29, 1.82) is 5.26 Å². The molecule has 0 aliphatic carbocycles. The lowest BCUT2D eigenvalue weighted by Gasteiger charge is -2.39. The van der Waals surface area contributed by atoms with Gasteiger partial charge in [0.1, 0.15) is 17.8 Å². The number of anilines is 1. The summed E-state index contributed by atoms with van der Waals surface area (Å²) >= 11 is 4.59. The highest BCUT2D eigenvalue weighted by atomic mass is 32.1. The van der Waals surface area contributed by atoms with Crippen molar-refractivity contribution in [2.75, 3.05) is 4.90 Å². The Bertz CT molecular complexity index is 965. The lowest BCUT2D eigenvalue weighted by molar-refractivity contribution is -0.118. The number of carbonyl (C=O) groups excluding carboxylic acids is 1. The number of nitrogens with one attached hydrogen (secondary N) is 1. The monoisotopic (exact) mass is 391 g/mol. The van der Waals surface area contributed by atoms with Crippen LogP contribution in [0.5, 0.6) is 0 Å². The third kappa shape index (κ3) is 3.65. The summed E-state index contributed by atoms with van der Waals surface area (Å²) in [5, 5.41) is 12.8. The lowest BCUT2D eigenvalue weighted by atomic mass is 9.86. The highest BCUT2D eigenvalue weighted by molar-refractivity contribution is 7.84. The molecule has 0 unspecified atom stereocenters. The van der Waals surface area contributed by atoms with Gasteiger partial charge in [-0.15, -0.1) is 12.6 Å². The maximum Gasteiger partial charge on any atom is 0.266 e. The van der Waals surface area contributed by atoms with Crippen LogP contribution >= 0.6 is 12.6 Å². The number of aryl methyl sites for hydroxylation is 1. The molecule has 28 heavy (non-hydrogen) atoms. The Hall–Kier alpha value is -2.71. The van der Waals surface area contributed by atoms with Gasteiger partial charge < -0.3 is 10.2 Å². The second kappa shape index (κ2) is 7.73. The standard InChI is InChI=1S/C23H25N3OS/c1-5-15-8-6-7-9-19(15)26-20(25-21(27)18(14-24)22(26)28)16-10-12-17(13-11-16)23(2,3)4/h6-13,20,28H,5H2,1-4H3,(H,25,27)/t20-/m0/s1. The van der Waals surface area contributed by atoms with Crippen molar-refractivity contribution < 1.29 is 4.79 Å².